The molecule has 10 heteroatoms. The van der Waals surface area contributed by atoms with Gasteiger partial charge in [-0.3, -0.25) is 4.79 Å². The number of nitrogens with zero attached hydrogens (tertiary/aromatic N) is 4. The van der Waals surface area contributed by atoms with Gasteiger partial charge in [0.25, 0.3) is 0 Å². The van der Waals surface area contributed by atoms with Crippen molar-refractivity contribution < 1.29 is 9.90 Å². The predicted molar refractivity (Wildman–Crippen MR) is 138 cm³/mol. The molecule has 3 aromatic heterocycles. The predicted octanol–water partition coefficient (Wildman–Crippen LogP) is 5.82. The molecule has 2 N–H and O–H groups in total. The molecule has 1 fully saturated rings. The van der Waals surface area contributed by atoms with Crippen molar-refractivity contribution >= 4 is 58.9 Å². The summed E-state index contributed by atoms with van der Waals surface area (Å²) in [6.07, 6.45) is 5.35. The Labute approximate surface area is 210 Å². The van der Waals surface area contributed by atoms with E-state index in [1.807, 2.05) is 57.3 Å². The Kier molecular flexibility index (Phi) is 9.05. The molecule has 1 aliphatic heterocycles. The molecule has 7 nitrogen and oxygen atoms in total. The van der Waals surface area contributed by atoms with Crippen LogP contribution in [0.4, 0.5) is 16.8 Å². The van der Waals surface area contributed by atoms with Gasteiger partial charge < -0.3 is 15.3 Å². The summed E-state index contributed by atoms with van der Waals surface area (Å²) in [4.78, 5) is 28.5. The third-order valence-corrected chi connectivity index (χ3v) is 7.08. The second-order valence-electron chi connectivity index (χ2n) is 8.55. The van der Waals surface area contributed by atoms with Crippen LogP contribution in [-0.4, -0.2) is 39.1 Å². The second-order valence-corrected chi connectivity index (χ2v) is 9.56. The van der Waals surface area contributed by atoms with Gasteiger partial charge in [-0.15, -0.1) is 24.8 Å². The van der Waals surface area contributed by atoms with Crippen LogP contribution in [0.5, 0.6) is 0 Å². The van der Waals surface area contributed by atoms with Crippen LogP contribution in [0.15, 0.2) is 42.7 Å². The molecule has 0 amide bonds. The highest BCUT2D eigenvalue weighted by molar-refractivity contribution is 7.18. The van der Waals surface area contributed by atoms with Crippen LogP contribution in [0, 0.1) is 18.3 Å². The summed E-state index contributed by atoms with van der Waals surface area (Å²) in [6, 6.07) is 9.81. The van der Waals surface area contributed by atoms with Crippen molar-refractivity contribution in [2.75, 3.05) is 23.3 Å². The number of aryl methyl sites for hydroxylation is 1. The number of carboxylic acid groups (broad SMARTS) is 1. The minimum Gasteiger partial charge on any atom is -0.481 e. The zero-order valence-corrected chi connectivity index (χ0v) is 21.3. The zero-order valence-electron chi connectivity index (χ0n) is 18.8. The monoisotopic (exact) mass is 509 g/mol. The highest BCUT2D eigenvalue weighted by atomic mass is 35.5. The maximum absolute atomic E-state index is 11.6. The van der Waals surface area contributed by atoms with Gasteiger partial charge in [-0.05, 0) is 69.4 Å². The number of pyridine rings is 2. The van der Waals surface area contributed by atoms with Crippen molar-refractivity contribution in [2.24, 2.45) is 11.3 Å². The lowest BCUT2D eigenvalue weighted by Gasteiger charge is -2.38. The highest BCUT2D eigenvalue weighted by Crippen LogP contribution is 2.38. The fourth-order valence-electron chi connectivity index (χ4n) is 3.87. The minimum atomic E-state index is -0.720. The Morgan fingerprint density at radius 2 is 1.88 bits per heavy atom. The molecule has 33 heavy (non-hydrogen) atoms. The SMILES string of the molecule is Cc1ccnc(Nc2cccc(-c3cnc(N4CCC(C(C)(C)C(=O)O)CC4)s3)n2)c1.Cl.Cl. The number of hydrogen-bond donors (Lipinski definition) is 2. The van der Waals surface area contributed by atoms with E-state index in [4.69, 9.17) is 4.98 Å². The molecule has 0 unspecified atom stereocenters. The van der Waals surface area contributed by atoms with Gasteiger partial charge in [0.05, 0.1) is 16.0 Å². The lowest BCUT2D eigenvalue weighted by Crippen LogP contribution is -2.42. The van der Waals surface area contributed by atoms with Crippen LogP contribution in [0.2, 0.25) is 0 Å². The lowest BCUT2D eigenvalue weighted by atomic mass is 9.74. The van der Waals surface area contributed by atoms with Crippen LogP contribution < -0.4 is 10.2 Å². The Hall–Kier alpha value is -2.42. The van der Waals surface area contributed by atoms with Crippen LogP contribution in [0.25, 0.3) is 10.6 Å². The van der Waals surface area contributed by atoms with Gasteiger partial charge in [-0.2, -0.15) is 0 Å². The molecular formula is C23H29Cl2N5O2S. The van der Waals surface area contributed by atoms with Crippen molar-refractivity contribution in [1.29, 1.82) is 0 Å². The van der Waals surface area contributed by atoms with Gasteiger partial charge in [-0.1, -0.05) is 17.4 Å². The van der Waals surface area contributed by atoms with Crippen molar-refractivity contribution in [3.63, 3.8) is 0 Å². The number of nitrogens with one attached hydrogen (secondary N) is 1. The number of aromatic nitrogens is 3. The van der Waals surface area contributed by atoms with Crippen molar-refractivity contribution in [2.45, 2.75) is 33.6 Å². The van der Waals surface area contributed by atoms with Crippen molar-refractivity contribution in [3.8, 4) is 10.6 Å². The molecular weight excluding hydrogens is 481 g/mol. The molecule has 0 aliphatic carbocycles. The third-order valence-electron chi connectivity index (χ3n) is 6.00. The molecule has 0 bridgehead atoms. The molecule has 0 radical (unpaired) electrons. The van der Waals surface area contributed by atoms with Gasteiger partial charge in [0.15, 0.2) is 5.13 Å². The number of halogens is 2. The number of anilines is 3. The molecule has 1 saturated heterocycles. The summed E-state index contributed by atoms with van der Waals surface area (Å²) in [5.74, 6) is 0.965. The topological polar surface area (TPSA) is 91.2 Å². The minimum absolute atomic E-state index is 0. The Morgan fingerprint density at radius 3 is 2.55 bits per heavy atom. The van der Waals surface area contributed by atoms with E-state index < -0.39 is 11.4 Å². The number of piperidine rings is 1. The number of carboxylic acids is 1. The Balaban J connectivity index is 0.00000193. The molecule has 0 atom stereocenters. The molecule has 0 aromatic carbocycles. The largest absolute Gasteiger partial charge is 0.481 e. The first-order valence-corrected chi connectivity index (χ1v) is 11.3. The zero-order chi connectivity index (χ0) is 22.0. The summed E-state index contributed by atoms with van der Waals surface area (Å²) < 4.78 is 0. The first kappa shape index (κ1) is 26.8. The number of hydrogen-bond acceptors (Lipinski definition) is 7. The molecule has 0 spiro atoms. The normalized spacial score (nSPS) is 14.2. The van der Waals surface area contributed by atoms with E-state index in [1.54, 1.807) is 17.5 Å². The number of aliphatic carboxylic acids is 1. The second kappa shape index (κ2) is 11.1. The highest BCUT2D eigenvalue weighted by Gasteiger charge is 2.38. The molecule has 4 heterocycles. The standard InChI is InChI=1S/C23H27N5O2S.2ClH/c1-15-7-10-24-20(13-15)27-19-6-4-5-17(26-19)18-14-25-22(31-18)28-11-8-16(9-12-28)23(2,3)21(29)30;;/h4-7,10,13-14,16H,8-9,11-12H2,1-3H3,(H,29,30)(H,24,26,27);2*1H. The van der Waals surface area contributed by atoms with Gasteiger partial charge in [0.1, 0.15) is 11.6 Å². The summed E-state index contributed by atoms with van der Waals surface area (Å²) in [6.45, 7) is 7.33. The first-order chi connectivity index (χ1) is 14.8. The molecule has 1 aliphatic rings. The Morgan fingerprint density at radius 1 is 1.15 bits per heavy atom. The van der Waals surface area contributed by atoms with E-state index in [9.17, 15) is 9.90 Å². The molecule has 0 saturated carbocycles. The van der Waals surface area contributed by atoms with E-state index in [-0.39, 0.29) is 30.7 Å². The van der Waals surface area contributed by atoms with E-state index in [0.717, 1.165) is 58.8 Å². The maximum Gasteiger partial charge on any atom is 0.309 e. The number of carbonyl (C=O) groups is 1. The molecule has 178 valence electrons. The van der Waals surface area contributed by atoms with Crippen LogP contribution >= 0.6 is 36.2 Å². The fraction of sp³-hybridized carbons (Fsp3) is 0.391. The number of rotatable bonds is 6. The molecule has 3 aromatic rings. The maximum atomic E-state index is 11.6. The summed E-state index contributed by atoms with van der Waals surface area (Å²) >= 11 is 1.62. The van der Waals surface area contributed by atoms with Gasteiger partial charge >= 0.3 is 5.97 Å². The quantitative estimate of drug-likeness (QED) is 0.432. The summed E-state index contributed by atoms with van der Waals surface area (Å²) in [5.41, 5.74) is 1.31. The fourth-order valence-corrected chi connectivity index (χ4v) is 4.81. The average Bonchev–Trinajstić information content (AvgIpc) is 3.24. The van der Waals surface area contributed by atoms with Crippen LogP contribution in [0.1, 0.15) is 32.3 Å². The number of thiazole rings is 1. The Bertz CT molecular complexity index is 1080. The third kappa shape index (κ3) is 6.13. The van der Waals surface area contributed by atoms with E-state index in [2.05, 4.69) is 20.2 Å². The summed E-state index contributed by atoms with van der Waals surface area (Å²) in [5, 5.41) is 13.7. The lowest BCUT2D eigenvalue weighted by molar-refractivity contribution is -0.150. The average molecular weight is 510 g/mol. The van der Waals surface area contributed by atoms with Gasteiger partial charge in [-0.25, -0.2) is 15.0 Å². The van der Waals surface area contributed by atoms with E-state index in [0.29, 0.717) is 0 Å². The van der Waals surface area contributed by atoms with Gasteiger partial charge in [0, 0.05) is 25.5 Å². The first-order valence-electron chi connectivity index (χ1n) is 10.4. The summed E-state index contributed by atoms with van der Waals surface area (Å²) in [7, 11) is 0. The van der Waals surface area contributed by atoms with E-state index in [1.165, 1.54) is 0 Å². The van der Waals surface area contributed by atoms with Crippen LogP contribution in [0.3, 0.4) is 0 Å². The van der Waals surface area contributed by atoms with Crippen molar-refractivity contribution in [3.05, 3.63) is 48.3 Å². The van der Waals surface area contributed by atoms with Gasteiger partial charge in [0.2, 0.25) is 0 Å². The van der Waals surface area contributed by atoms with E-state index >= 15 is 0 Å². The van der Waals surface area contributed by atoms with Crippen molar-refractivity contribution in [1.82, 2.24) is 15.0 Å². The molecule has 4 rings (SSSR count). The van der Waals surface area contributed by atoms with Crippen LogP contribution in [-0.2, 0) is 4.79 Å². The smallest absolute Gasteiger partial charge is 0.309 e.